The first-order chi connectivity index (χ1) is 11.3. The average molecular weight is 359 g/mol. The van der Waals surface area contributed by atoms with Crippen LogP contribution in [-0.4, -0.2) is 23.4 Å². The van der Waals surface area contributed by atoms with Crippen molar-refractivity contribution in [3.8, 4) is 0 Å². The zero-order chi connectivity index (χ0) is 19.0. The van der Waals surface area contributed by atoms with Gasteiger partial charge in [0, 0.05) is 18.7 Å². The van der Waals surface area contributed by atoms with Crippen LogP contribution in [0.1, 0.15) is 44.7 Å². The molecule has 1 aromatic rings. The molecule has 2 unspecified atom stereocenters. The van der Waals surface area contributed by atoms with Crippen molar-refractivity contribution in [2.45, 2.75) is 57.7 Å². The van der Waals surface area contributed by atoms with Gasteiger partial charge < -0.3 is 10.4 Å². The number of aliphatic hydroxyl groups is 1. The second-order valence-electron chi connectivity index (χ2n) is 7.78. The Morgan fingerprint density at radius 2 is 1.88 bits per heavy atom. The maximum absolute atomic E-state index is 13.7. The Labute approximate surface area is 145 Å². The molecule has 0 saturated carbocycles. The van der Waals surface area contributed by atoms with E-state index in [1.54, 1.807) is 32.9 Å². The summed E-state index contributed by atoms with van der Waals surface area (Å²) in [7, 11) is 0. The highest BCUT2D eigenvalue weighted by atomic mass is 19.4. The minimum Gasteiger partial charge on any atom is -0.388 e. The number of aryl methyl sites for hydroxylation is 1. The third kappa shape index (κ3) is 4.35. The SMILES string of the molecule is Cc1ccc(F)cc1C(C)(C)CC(O)(CC1=CC(C)CN1)C(F)(F)F. The molecule has 1 heterocycles. The molecule has 2 N–H and O–H groups in total. The van der Waals surface area contributed by atoms with E-state index >= 15 is 0 Å². The minimum absolute atomic E-state index is 0.131. The molecule has 6 heteroatoms. The average Bonchev–Trinajstić information content (AvgIpc) is 2.84. The number of hydrogen-bond donors (Lipinski definition) is 2. The molecule has 0 bridgehead atoms. The van der Waals surface area contributed by atoms with E-state index in [1.165, 1.54) is 12.1 Å². The molecule has 1 aliphatic rings. The van der Waals surface area contributed by atoms with Gasteiger partial charge in [-0.2, -0.15) is 13.2 Å². The lowest BCUT2D eigenvalue weighted by Crippen LogP contribution is -2.50. The smallest absolute Gasteiger partial charge is 0.388 e. The molecular weight excluding hydrogens is 334 g/mol. The monoisotopic (exact) mass is 359 g/mol. The highest BCUT2D eigenvalue weighted by molar-refractivity contribution is 5.33. The molecule has 140 valence electrons. The molecular formula is C19H25F4NO. The molecule has 2 nitrogen and oxygen atoms in total. The summed E-state index contributed by atoms with van der Waals surface area (Å²) in [5.74, 6) is -0.371. The maximum atomic E-state index is 13.7. The van der Waals surface area contributed by atoms with Crippen LogP contribution in [0.4, 0.5) is 17.6 Å². The Balaban J connectivity index is 2.35. The zero-order valence-electron chi connectivity index (χ0n) is 15.0. The van der Waals surface area contributed by atoms with Gasteiger partial charge in [0.25, 0.3) is 0 Å². The molecule has 25 heavy (non-hydrogen) atoms. The van der Waals surface area contributed by atoms with E-state index in [2.05, 4.69) is 5.32 Å². The largest absolute Gasteiger partial charge is 0.417 e. The van der Waals surface area contributed by atoms with Crippen molar-refractivity contribution < 1.29 is 22.7 Å². The van der Waals surface area contributed by atoms with Gasteiger partial charge in [0.2, 0.25) is 0 Å². The van der Waals surface area contributed by atoms with Crippen molar-refractivity contribution in [2.24, 2.45) is 5.92 Å². The van der Waals surface area contributed by atoms with Crippen LogP contribution in [0.25, 0.3) is 0 Å². The predicted octanol–water partition coefficient (Wildman–Crippen LogP) is 4.61. The van der Waals surface area contributed by atoms with E-state index in [0.29, 0.717) is 23.4 Å². The zero-order valence-corrected chi connectivity index (χ0v) is 15.0. The van der Waals surface area contributed by atoms with Gasteiger partial charge in [-0.1, -0.05) is 32.9 Å². The predicted molar refractivity (Wildman–Crippen MR) is 89.7 cm³/mol. The Hall–Kier alpha value is -1.56. The molecule has 0 aliphatic carbocycles. The van der Waals surface area contributed by atoms with E-state index in [4.69, 9.17) is 0 Å². The van der Waals surface area contributed by atoms with Crippen LogP contribution in [0.2, 0.25) is 0 Å². The third-order valence-electron chi connectivity index (χ3n) is 4.81. The van der Waals surface area contributed by atoms with Gasteiger partial charge in [0.15, 0.2) is 5.60 Å². The number of benzene rings is 1. The van der Waals surface area contributed by atoms with Crippen LogP contribution < -0.4 is 5.32 Å². The summed E-state index contributed by atoms with van der Waals surface area (Å²) in [6.07, 6.45) is -4.16. The van der Waals surface area contributed by atoms with Crippen LogP contribution in [0.3, 0.4) is 0 Å². The summed E-state index contributed by atoms with van der Waals surface area (Å²) >= 11 is 0. The van der Waals surface area contributed by atoms with Crippen LogP contribution in [0, 0.1) is 18.7 Å². The van der Waals surface area contributed by atoms with E-state index in [1.807, 2.05) is 6.92 Å². The Bertz CT molecular complexity index is 666. The maximum Gasteiger partial charge on any atom is 0.417 e. The molecule has 0 aromatic heterocycles. The van der Waals surface area contributed by atoms with Gasteiger partial charge in [0.05, 0.1) is 0 Å². The minimum atomic E-state index is -4.79. The summed E-state index contributed by atoms with van der Waals surface area (Å²) in [4.78, 5) is 0. The molecule has 0 amide bonds. The lowest BCUT2D eigenvalue weighted by Gasteiger charge is -2.39. The first-order valence-electron chi connectivity index (χ1n) is 8.34. The van der Waals surface area contributed by atoms with Crippen LogP contribution >= 0.6 is 0 Å². The number of hydrogen-bond acceptors (Lipinski definition) is 2. The first-order valence-corrected chi connectivity index (χ1v) is 8.34. The number of halogens is 4. The lowest BCUT2D eigenvalue weighted by atomic mass is 9.72. The summed E-state index contributed by atoms with van der Waals surface area (Å²) in [6, 6.07) is 4.07. The second-order valence-corrected chi connectivity index (χ2v) is 7.78. The fourth-order valence-electron chi connectivity index (χ4n) is 3.60. The van der Waals surface area contributed by atoms with Gasteiger partial charge in [-0.15, -0.1) is 0 Å². The molecule has 2 atom stereocenters. The third-order valence-corrected chi connectivity index (χ3v) is 4.81. The van der Waals surface area contributed by atoms with Crippen molar-refractivity contribution >= 4 is 0 Å². The highest BCUT2D eigenvalue weighted by Crippen LogP contribution is 2.45. The van der Waals surface area contributed by atoms with Gasteiger partial charge in [-0.25, -0.2) is 4.39 Å². The van der Waals surface area contributed by atoms with Crippen LogP contribution in [0.5, 0.6) is 0 Å². The molecule has 0 spiro atoms. The van der Waals surface area contributed by atoms with Crippen molar-refractivity contribution in [3.63, 3.8) is 0 Å². The van der Waals surface area contributed by atoms with E-state index < -0.39 is 35.9 Å². The Morgan fingerprint density at radius 3 is 2.40 bits per heavy atom. The summed E-state index contributed by atoms with van der Waals surface area (Å²) in [6.45, 7) is 7.39. The van der Waals surface area contributed by atoms with Gasteiger partial charge in [-0.3, -0.25) is 0 Å². The fourth-order valence-corrected chi connectivity index (χ4v) is 3.60. The first kappa shape index (κ1) is 19.8. The topological polar surface area (TPSA) is 32.3 Å². The van der Waals surface area contributed by atoms with Crippen molar-refractivity contribution in [1.29, 1.82) is 0 Å². The van der Waals surface area contributed by atoms with E-state index in [9.17, 15) is 22.7 Å². The van der Waals surface area contributed by atoms with Crippen molar-refractivity contribution in [1.82, 2.24) is 5.32 Å². The van der Waals surface area contributed by atoms with E-state index in [0.717, 1.165) is 0 Å². The molecule has 2 rings (SSSR count). The number of nitrogens with one attached hydrogen (secondary N) is 1. The van der Waals surface area contributed by atoms with Crippen molar-refractivity contribution in [3.05, 3.63) is 46.9 Å². The number of rotatable bonds is 5. The molecule has 0 radical (unpaired) electrons. The fraction of sp³-hybridized carbons (Fsp3) is 0.579. The molecule has 1 aliphatic heterocycles. The van der Waals surface area contributed by atoms with Crippen LogP contribution in [-0.2, 0) is 5.41 Å². The Morgan fingerprint density at radius 1 is 1.24 bits per heavy atom. The van der Waals surface area contributed by atoms with E-state index in [-0.39, 0.29) is 5.92 Å². The highest BCUT2D eigenvalue weighted by Gasteiger charge is 2.56. The molecule has 1 aromatic carbocycles. The van der Waals surface area contributed by atoms with Gasteiger partial charge >= 0.3 is 6.18 Å². The normalized spacial score (nSPS) is 20.8. The number of alkyl halides is 3. The quantitative estimate of drug-likeness (QED) is 0.753. The Kier molecular flexibility index (Phi) is 5.24. The van der Waals surface area contributed by atoms with Crippen LogP contribution in [0.15, 0.2) is 30.0 Å². The standard InChI is InChI=1S/C19H25F4NO/c1-12-7-15(24-10-12)9-18(25,19(21,22)23)11-17(3,4)16-8-14(20)6-5-13(16)2/h5-8,12,24-25H,9-11H2,1-4H3. The lowest BCUT2D eigenvalue weighted by molar-refractivity contribution is -0.266. The van der Waals surface area contributed by atoms with Crippen molar-refractivity contribution in [2.75, 3.05) is 6.54 Å². The summed E-state index contributed by atoms with van der Waals surface area (Å²) < 4.78 is 54.7. The summed E-state index contributed by atoms with van der Waals surface area (Å²) in [5.41, 5.74) is -2.38. The molecule has 0 fully saturated rings. The second kappa shape index (κ2) is 6.63. The summed E-state index contributed by atoms with van der Waals surface area (Å²) in [5, 5.41) is 13.5. The molecule has 0 saturated heterocycles. The van der Waals surface area contributed by atoms with Gasteiger partial charge in [-0.05, 0) is 47.9 Å². The van der Waals surface area contributed by atoms with Gasteiger partial charge in [0.1, 0.15) is 5.82 Å².